The molecule has 0 saturated heterocycles. The third-order valence-corrected chi connectivity index (χ3v) is 4.35. The van der Waals surface area contributed by atoms with Crippen molar-refractivity contribution in [2.24, 2.45) is 0 Å². The highest BCUT2D eigenvalue weighted by Gasteiger charge is 2.16. The summed E-state index contributed by atoms with van der Waals surface area (Å²) in [5.41, 5.74) is 2.63. The summed E-state index contributed by atoms with van der Waals surface area (Å²) in [4.78, 5) is 29.9. The van der Waals surface area contributed by atoms with E-state index in [1.54, 1.807) is 28.9 Å². The Kier molecular flexibility index (Phi) is 6.11. The van der Waals surface area contributed by atoms with Crippen molar-refractivity contribution in [3.05, 3.63) is 63.8 Å². The fourth-order valence-electron chi connectivity index (χ4n) is 3.01. The van der Waals surface area contributed by atoms with Crippen LogP contribution in [0.1, 0.15) is 30.9 Å². The first-order valence-electron chi connectivity index (χ1n) is 9.58. The molecule has 29 heavy (non-hydrogen) atoms. The molecule has 0 aliphatic rings. The normalized spacial score (nSPS) is 10.8. The molecular formula is C21H25N5O3. The van der Waals surface area contributed by atoms with Crippen molar-refractivity contribution in [1.29, 1.82) is 0 Å². The summed E-state index contributed by atoms with van der Waals surface area (Å²) < 4.78 is 8.33. The predicted octanol–water partition coefficient (Wildman–Crippen LogP) is 2.65. The summed E-state index contributed by atoms with van der Waals surface area (Å²) in [6.07, 6.45) is 0.612. The second kappa shape index (κ2) is 8.72. The van der Waals surface area contributed by atoms with Gasteiger partial charge in [0, 0.05) is 23.1 Å². The molecule has 0 saturated carbocycles. The van der Waals surface area contributed by atoms with Crippen LogP contribution >= 0.6 is 0 Å². The Labute approximate surface area is 169 Å². The number of nitrogens with zero attached hydrogens (tertiary/aromatic N) is 4. The monoisotopic (exact) mass is 395 g/mol. The number of carbonyl (C=O) groups is 1. The Morgan fingerprint density at radius 1 is 1.14 bits per heavy atom. The average molecular weight is 395 g/mol. The Hall–Kier alpha value is -3.42. The van der Waals surface area contributed by atoms with Crippen LogP contribution in [0.25, 0.3) is 5.95 Å². The van der Waals surface area contributed by atoms with Gasteiger partial charge in [0.1, 0.15) is 12.3 Å². The minimum atomic E-state index is -0.329. The molecule has 1 N–H and O–H groups in total. The standard InChI is InChI=1S/C21H25N5O3/c1-5-16-12-20(28)25(21(23-16)26-15(4)11-14(3)24-26)13-19(27)22-17-7-9-18(10-8-17)29-6-2/h7-12H,5-6,13H2,1-4H3,(H,22,27). The van der Waals surface area contributed by atoms with Gasteiger partial charge in [0.15, 0.2) is 0 Å². The molecule has 1 amide bonds. The molecule has 8 nitrogen and oxygen atoms in total. The number of amides is 1. The first-order valence-corrected chi connectivity index (χ1v) is 9.58. The van der Waals surface area contributed by atoms with Crippen molar-refractivity contribution in [3.63, 3.8) is 0 Å². The zero-order valence-corrected chi connectivity index (χ0v) is 17.1. The van der Waals surface area contributed by atoms with Gasteiger partial charge in [0.05, 0.1) is 12.3 Å². The van der Waals surface area contributed by atoms with Gasteiger partial charge in [0.2, 0.25) is 11.9 Å². The van der Waals surface area contributed by atoms with Gasteiger partial charge >= 0.3 is 0 Å². The quantitative estimate of drug-likeness (QED) is 0.664. The zero-order chi connectivity index (χ0) is 21.0. The lowest BCUT2D eigenvalue weighted by molar-refractivity contribution is -0.116. The summed E-state index contributed by atoms with van der Waals surface area (Å²) in [7, 11) is 0. The first kappa shape index (κ1) is 20.3. The molecule has 0 unspecified atom stereocenters. The van der Waals surface area contributed by atoms with Gasteiger partial charge in [0.25, 0.3) is 5.56 Å². The Morgan fingerprint density at radius 3 is 2.45 bits per heavy atom. The van der Waals surface area contributed by atoms with Crippen LogP contribution in [-0.4, -0.2) is 31.8 Å². The average Bonchev–Trinajstić information content (AvgIpc) is 3.03. The third-order valence-electron chi connectivity index (χ3n) is 4.35. The van der Waals surface area contributed by atoms with Crippen LogP contribution < -0.4 is 15.6 Å². The fraction of sp³-hybridized carbons (Fsp3) is 0.333. The lowest BCUT2D eigenvalue weighted by Crippen LogP contribution is -2.32. The Morgan fingerprint density at radius 2 is 1.86 bits per heavy atom. The highest BCUT2D eigenvalue weighted by atomic mass is 16.5. The molecule has 3 aromatic rings. The lowest BCUT2D eigenvalue weighted by Gasteiger charge is -2.14. The molecule has 2 aromatic heterocycles. The van der Waals surface area contributed by atoms with Crippen LogP contribution in [0, 0.1) is 13.8 Å². The Bertz CT molecular complexity index is 1070. The first-order chi connectivity index (χ1) is 13.9. The summed E-state index contributed by atoms with van der Waals surface area (Å²) in [5.74, 6) is 0.736. The van der Waals surface area contributed by atoms with Gasteiger partial charge in [-0.15, -0.1) is 0 Å². The van der Waals surface area contributed by atoms with Crippen LogP contribution in [0.2, 0.25) is 0 Å². The Balaban J connectivity index is 1.88. The smallest absolute Gasteiger partial charge is 0.255 e. The maximum Gasteiger partial charge on any atom is 0.255 e. The van der Waals surface area contributed by atoms with Crippen LogP contribution in [0.15, 0.2) is 41.2 Å². The number of hydrogen-bond donors (Lipinski definition) is 1. The number of nitrogens with one attached hydrogen (secondary N) is 1. The molecule has 2 heterocycles. The molecule has 0 spiro atoms. The highest BCUT2D eigenvalue weighted by molar-refractivity contribution is 5.90. The minimum Gasteiger partial charge on any atom is -0.494 e. The van der Waals surface area contributed by atoms with E-state index >= 15 is 0 Å². The number of anilines is 1. The van der Waals surface area contributed by atoms with E-state index in [0.717, 1.165) is 17.1 Å². The van der Waals surface area contributed by atoms with E-state index in [-0.39, 0.29) is 18.0 Å². The number of carbonyl (C=O) groups excluding carboxylic acids is 1. The van der Waals surface area contributed by atoms with Crippen molar-refractivity contribution >= 4 is 11.6 Å². The third kappa shape index (κ3) is 4.71. The van der Waals surface area contributed by atoms with Crippen molar-refractivity contribution in [2.45, 2.75) is 40.7 Å². The van der Waals surface area contributed by atoms with Gasteiger partial charge in [-0.25, -0.2) is 9.67 Å². The number of aryl methyl sites for hydroxylation is 3. The van der Waals surface area contributed by atoms with Crippen LogP contribution in [-0.2, 0) is 17.8 Å². The van der Waals surface area contributed by atoms with Crippen LogP contribution in [0.3, 0.4) is 0 Å². The summed E-state index contributed by atoms with van der Waals surface area (Å²) >= 11 is 0. The number of rotatable bonds is 7. The molecule has 0 aliphatic heterocycles. The van der Waals surface area contributed by atoms with Gasteiger partial charge in [-0.1, -0.05) is 6.92 Å². The molecule has 152 valence electrons. The SMILES string of the molecule is CCOc1ccc(NC(=O)Cn2c(-n3nc(C)cc3C)nc(CC)cc2=O)cc1. The van der Waals surface area contributed by atoms with E-state index < -0.39 is 0 Å². The number of aromatic nitrogens is 4. The van der Waals surface area contributed by atoms with Crippen LogP contribution in [0.5, 0.6) is 5.75 Å². The summed E-state index contributed by atoms with van der Waals surface area (Å²) in [5, 5.41) is 7.23. The lowest BCUT2D eigenvalue weighted by atomic mass is 10.3. The van der Waals surface area contributed by atoms with Crippen molar-refractivity contribution < 1.29 is 9.53 Å². The summed E-state index contributed by atoms with van der Waals surface area (Å²) in [6.45, 7) is 7.99. The van der Waals surface area contributed by atoms with E-state index in [4.69, 9.17) is 4.74 Å². The minimum absolute atomic E-state index is 0.170. The van der Waals surface area contributed by atoms with E-state index in [9.17, 15) is 9.59 Å². The number of ether oxygens (including phenoxy) is 1. The van der Waals surface area contributed by atoms with Crippen molar-refractivity contribution in [3.8, 4) is 11.7 Å². The second-order valence-electron chi connectivity index (χ2n) is 6.67. The number of hydrogen-bond acceptors (Lipinski definition) is 5. The molecule has 0 aliphatic carbocycles. The largest absolute Gasteiger partial charge is 0.494 e. The van der Waals surface area contributed by atoms with E-state index in [2.05, 4.69) is 15.4 Å². The molecule has 0 fully saturated rings. The van der Waals surface area contributed by atoms with Gasteiger partial charge < -0.3 is 10.1 Å². The van der Waals surface area contributed by atoms with Crippen LogP contribution in [0.4, 0.5) is 5.69 Å². The topological polar surface area (TPSA) is 91.0 Å². The molecule has 3 rings (SSSR count). The van der Waals surface area contributed by atoms with E-state index in [1.807, 2.05) is 33.8 Å². The van der Waals surface area contributed by atoms with Gasteiger partial charge in [-0.3, -0.25) is 14.2 Å². The molecule has 1 aromatic carbocycles. The van der Waals surface area contributed by atoms with Crippen molar-refractivity contribution in [2.75, 3.05) is 11.9 Å². The molecule has 0 radical (unpaired) electrons. The fourth-order valence-corrected chi connectivity index (χ4v) is 3.01. The second-order valence-corrected chi connectivity index (χ2v) is 6.67. The summed E-state index contributed by atoms with van der Waals surface area (Å²) in [6, 6.07) is 10.4. The highest BCUT2D eigenvalue weighted by Crippen LogP contribution is 2.16. The molecular weight excluding hydrogens is 370 g/mol. The molecule has 0 bridgehead atoms. The van der Waals surface area contributed by atoms with E-state index in [1.165, 1.54) is 10.6 Å². The van der Waals surface area contributed by atoms with E-state index in [0.29, 0.717) is 30.4 Å². The molecule has 8 heteroatoms. The van der Waals surface area contributed by atoms with Crippen molar-refractivity contribution in [1.82, 2.24) is 19.3 Å². The predicted molar refractivity (Wildman–Crippen MR) is 111 cm³/mol. The van der Waals surface area contributed by atoms with Gasteiger partial charge in [-0.05, 0) is 57.5 Å². The number of benzene rings is 1. The zero-order valence-electron chi connectivity index (χ0n) is 17.1. The maximum atomic E-state index is 12.7. The maximum absolute atomic E-state index is 12.7. The van der Waals surface area contributed by atoms with Gasteiger partial charge in [-0.2, -0.15) is 5.10 Å². The molecule has 0 atom stereocenters.